The average Bonchev–Trinajstić information content (AvgIpc) is 3.23. The van der Waals surface area contributed by atoms with Crippen molar-refractivity contribution in [2.75, 3.05) is 0 Å². The Labute approximate surface area is 211 Å². The van der Waals surface area contributed by atoms with E-state index < -0.39 is 0 Å². The fourth-order valence-corrected chi connectivity index (χ4v) is 5.90. The second-order valence-electron chi connectivity index (χ2n) is 9.34. The third kappa shape index (κ3) is 4.01. The van der Waals surface area contributed by atoms with Crippen LogP contribution in [-0.4, -0.2) is 14.0 Å². The van der Waals surface area contributed by atoms with Crippen molar-refractivity contribution in [1.82, 2.24) is 14.0 Å². The van der Waals surface area contributed by atoms with Crippen LogP contribution < -0.4 is 15.7 Å². The minimum absolute atomic E-state index is 0.00491. The predicted molar refractivity (Wildman–Crippen MR) is 145 cm³/mol. The number of hydrogen-bond donors (Lipinski definition) is 0. The van der Waals surface area contributed by atoms with Crippen molar-refractivity contribution in [2.24, 2.45) is 0 Å². The van der Waals surface area contributed by atoms with E-state index in [-0.39, 0.29) is 17.0 Å². The first kappa shape index (κ1) is 23.5. The van der Waals surface area contributed by atoms with Crippen molar-refractivity contribution in [3.8, 4) is 0 Å². The molecular weight excluding hydrogens is 478 g/mol. The van der Waals surface area contributed by atoms with E-state index in [1.54, 1.807) is 0 Å². The Morgan fingerprint density at radius 1 is 1.03 bits per heavy atom. The number of aryl methyl sites for hydroxylation is 2. The van der Waals surface area contributed by atoms with Gasteiger partial charge >= 0.3 is 0 Å². The van der Waals surface area contributed by atoms with Gasteiger partial charge in [-0.25, -0.2) is 9.38 Å². The molecule has 5 aromatic rings. The second kappa shape index (κ2) is 8.77. The van der Waals surface area contributed by atoms with E-state index in [1.165, 1.54) is 15.7 Å². The Morgan fingerprint density at radius 2 is 1.74 bits per heavy atom. The molecule has 3 aromatic heterocycles. The second-order valence-corrected chi connectivity index (χ2v) is 10.8. The molecule has 0 amide bonds. The molecule has 0 saturated carbocycles. The number of benzene rings is 2. The third-order valence-corrected chi connectivity index (χ3v) is 7.75. The number of aromatic nitrogens is 3. The molecule has 0 N–H and O–H groups in total. The van der Waals surface area contributed by atoms with Crippen LogP contribution in [0.5, 0.6) is 0 Å². The van der Waals surface area contributed by atoms with Gasteiger partial charge in [0.1, 0.15) is 0 Å². The Balaban J connectivity index is 1.76. The molecule has 5 nitrogen and oxygen atoms in total. The Kier molecular flexibility index (Phi) is 5.90. The third-order valence-electron chi connectivity index (χ3n) is 6.53. The summed E-state index contributed by atoms with van der Waals surface area (Å²) in [4.78, 5) is 31.5. The molecule has 0 bridgehead atoms. The summed E-state index contributed by atoms with van der Waals surface area (Å²) in [7, 11) is 0. The molecule has 0 aliphatic rings. The van der Waals surface area contributed by atoms with Crippen molar-refractivity contribution in [3.63, 3.8) is 0 Å². The van der Waals surface area contributed by atoms with Crippen LogP contribution in [0.25, 0.3) is 21.9 Å². The van der Waals surface area contributed by atoms with Gasteiger partial charge < -0.3 is 4.57 Å². The summed E-state index contributed by atoms with van der Waals surface area (Å²) >= 11 is 7.34. The van der Waals surface area contributed by atoms with Crippen LogP contribution in [0.2, 0.25) is 5.02 Å². The zero-order valence-corrected chi connectivity index (χ0v) is 21.9. The molecule has 2 aromatic carbocycles. The smallest absolute Gasteiger partial charge is 0.277 e. The fourth-order valence-electron chi connectivity index (χ4n) is 4.78. The summed E-state index contributed by atoms with van der Waals surface area (Å²) in [6.07, 6.45) is 1.92. The lowest BCUT2D eigenvalue weighted by atomic mass is 10.0. The first-order valence-corrected chi connectivity index (χ1v) is 12.8. The Bertz CT molecular complexity index is 1780. The van der Waals surface area contributed by atoms with Gasteiger partial charge in [0.05, 0.1) is 4.53 Å². The lowest BCUT2D eigenvalue weighted by Gasteiger charge is -2.09. The zero-order chi connectivity index (χ0) is 25.0. The monoisotopic (exact) mass is 503 g/mol. The number of hydrogen-bond acceptors (Lipinski definition) is 4. The van der Waals surface area contributed by atoms with E-state index in [2.05, 4.69) is 41.6 Å². The highest BCUT2D eigenvalue weighted by atomic mass is 35.5. The molecule has 0 atom stereocenters. The topological polar surface area (TPSA) is 56.4 Å². The normalized spacial score (nSPS) is 12.5. The molecule has 3 heterocycles. The number of rotatable bonds is 4. The van der Waals surface area contributed by atoms with Crippen LogP contribution in [0.4, 0.5) is 0 Å². The maximum absolute atomic E-state index is 13.4. The van der Waals surface area contributed by atoms with Gasteiger partial charge in [0.25, 0.3) is 11.1 Å². The number of thiazole rings is 1. The van der Waals surface area contributed by atoms with Crippen LogP contribution in [-0.2, 0) is 6.54 Å². The van der Waals surface area contributed by atoms with E-state index in [0.29, 0.717) is 32.3 Å². The molecule has 0 saturated heterocycles. The summed E-state index contributed by atoms with van der Waals surface area (Å²) in [6, 6.07) is 14.2. The Hall–Kier alpha value is -3.22. The van der Waals surface area contributed by atoms with Crippen LogP contribution in [0.3, 0.4) is 0 Å². The highest BCUT2D eigenvalue weighted by Gasteiger charge is 2.18. The van der Waals surface area contributed by atoms with Gasteiger partial charge in [-0.3, -0.25) is 9.59 Å². The summed E-state index contributed by atoms with van der Waals surface area (Å²) in [5.74, 6) is -0.00491. The van der Waals surface area contributed by atoms with Crippen LogP contribution in [0, 0.1) is 20.8 Å². The van der Waals surface area contributed by atoms with Gasteiger partial charge in [-0.15, -0.1) is 0 Å². The van der Waals surface area contributed by atoms with Crippen molar-refractivity contribution in [3.05, 3.63) is 106 Å². The van der Waals surface area contributed by atoms with Crippen molar-refractivity contribution in [2.45, 2.75) is 47.1 Å². The summed E-state index contributed by atoms with van der Waals surface area (Å²) in [6.45, 7) is 10.5. The summed E-state index contributed by atoms with van der Waals surface area (Å²) < 4.78 is 3.99. The van der Waals surface area contributed by atoms with Crippen LogP contribution in [0.15, 0.2) is 52.1 Å². The highest BCUT2D eigenvalue weighted by Crippen LogP contribution is 2.29. The molecule has 0 fully saturated rings. The predicted octanol–water partition coefficient (Wildman–Crippen LogP) is 5.37. The zero-order valence-electron chi connectivity index (χ0n) is 20.3. The molecule has 0 radical (unpaired) electrons. The molecule has 0 spiro atoms. The molecule has 7 heteroatoms. The maximum Gasteiger partial charge on any atom is 0.277 e. The van der Waals surface area contributed by atoms with Gasteiger partial charge in [0, 0.05) is 45.0 Å². The minimum atomic E-state index is -0.310. The number of fused-ring (bicyclic) bond motifs is 2. The van der Waals surface area contributed by atoms with E-state index in [0.717, 1.165) is 33.3 Å². The van der Waals surface area contributed by atoms with Gasteiger partial charge in [0.15, 0.2) is 0 Å². The number of halogens is 1. The van der Waals surface area contributed by atoms with Gasteiger partial charge in [-0.05, 0) is 62.6 Å². The van der Waals surface area contributed by atoms with Gasteiger partial charge in [0.2, 0.25) is 4.96 Å². The molecule has 35 heavy (non-hydrogen) atoms. The maximum atomic E-state index is 13.4. The van der Waals surface area contributed by atoms with E-state index in [4.69, 9.17) is 11.6 Å². The standard InChI is InChI=1S/C28H26ClN3O2S/c1-15(2)25-17(4)30-28-32(27(25)34)26(33)24(35-28)13-21-18(5)31(14-19-7-9-20(29)10-8-19)23-11-6-16(3)12-22(21)23/h6-13,15H,14H2,1-5H3/b24-13-. The van der Waals surface area contributed by atoms with Crippen molar-refractivity contribution < 1.29 is 0 Å². The molecule has 5 rings (SSSR count). The molecule has 178 valence electrons. The van der Waals surface area contributed by atoms with Crippen molar-refractivity contribution >= 4 is 44.9 Å². The van der Waals surface area contributed by atoms with Gasteiger partial charge in [-0.1, -0.05) is 60.5 Å². The van der Waals surface area contributed by atoms with Crippen LogP contribution >= 0.6 is 22.9 Å². The molecular formula is C28H26ClN3O2S. The van der Waals surface area contributed by atoms with Gasteiger partial charge in [-0.2, -0.15) is 0 Å². The molecule has 0 unspecified atom stereocenters. The fraction of sp³-hybridized carbons (Fsp3) is 0.250. The van der Waals surface area contributed by atoms with Crippen molar-refractivity contribution in [1.29, 1.82) is 0 Å². The lowest BCUT2D eigenvalue weighted by molar-refractivity contribution is 0.803. The molecule has 0 aliphatic heterocycles. The van der Waals surface area contributed by atoms with E-state index in [9.17, 15) is 9.59 Å². The first-order chi connectivity index (χ1) is 16.7. The largest absolute Gasteiger partial charge is 0.340 e. The lowest BCUT2D eigenvalue weighted by Crippen LogP contribution is -2.33. The summed E-state index contributed by atoms with van der Waals surface area (Å²) in [5.41, 5.74) is 6.11. The minimum Gasteiger partial charge on any atom is -0.340 e. The first-order valence-electron chi connectivity index (χ1n) is 11.6. The Morgan fingerprint density at radius 3 is 2.43 bits per heavy atom. The summed E-state index contributed by atoms with van der Waals surface area (Å²) in [5, 5.41) is 1.78. The van der Waals surface area contributed by atoms with E-state index >= 15 is 0 Å². The average molecular weight is 504 g/mol. The van der Waals surface area contributed by atoms with E-state index in [1.807, 2.05) is 51.1 Å². The highest BCUT2D eigenvalue weighted by molar-refractivity contribution is 7.15. The number of nitrogens with zero attached hydrogens (tertiary/aromatic N) is 3. The van der Waals surface area contributed by atoms with Crippen LogP contribution in [0.1, 0.15) is 53.4 Å². The molecule has 0 aliphatic carbocycles. The quantitative estimate of drug-likeness (QED) is 0.331. The SMILES string of the molecule is Cc1ccc2c(c1)c(/C=c1\sc3nc(C)c(C(C)C)c(=O)n3c1=O)c(C)n2Cc1ccc(Cl)cc1.